The van der Waals surface area contributed by atoms with E-state index in [1.807, 2.05) is 0 Å². The molecule has 0 aromatic carbocycles. The molecule has 2 nitrogen and oxygen atoms in total. The molecule has 0 radical (unpaired) electrons. The molecular weight excluding hydrogens is 138 g/mol. The van der Waals surface area contributed by atoms with Crippen molar-refractivity contribution in [3.63, 3.8) is 0 Å². The largest absolute Gasteiger partial charge is 0.373 e. The Morgan fingerprint density at radius 1 is 1.45 bits per heavy atom. The minimum atomic E-state index is -0.132. The maximum absolute atomic E-state index is 5.97. The van der Waals surface area contributed by atoms with E-state index in [1.54, 1.807) is 0 Å². The molecule has 2 N–H and O–H groups in total. The topological polar surface area (TPSA) is 35.2 Å². The van der Waals surface area contributed by atoms with Crippen molar-refractivity contribution in [2.75, 3.05) is 6.61 Å². The molecule has 0 aromatic rings. The van der Waals surface area contributed by atoms with Crippen LogP contribution in [0.15, 0.2) is 0 Å². The van der Waals surface area contributed by atoms with Gasteiger partial charge in [-0.2, -0.15) is 0 Å². The maximum atomic E-state index is 5.97. The van der Waals surface area contributed by atoms with Crippen molar-refractivity contribution >= 4 is 0 Å². The first-order valence-corrected chi connectivity index (χ1v) is 4.27. The second-order valence-corrected chi connectivity index (χ2v) is 4.60. The van der Waals surface area contributed by atoms with E-state index in [-0.39, 0.29) is 17.1 Å². The standard InChI is InChI=1S/C9H19NO/c1-8(2,3)9(4)7(10)5-6-11-9/h7H,5-6,10H2,1-4H3. The van der Waals surface area contributed by atoms with Gasteiger partial charge in [0.1, 0.15) is 0 Å². The van der Waals surface area contributed by atoms with Gasteiger partial charge >= 0.3 is 0 Å². The minimum absolute atomic E-state index is 0.132. The Balaban J connectivity index is 2.81. The molecule has 0 amide bonds. The number of ether oxygens (including phenoxy) is 1. The van der Waals surface area contributed by atoms with Gasteiger partial charge in [-0.3, -0.25) is 0 Å². The third-order valence-electron chi connectivity index (χ3n) is 3.03. The van der Waals surface area contributed by atoms with Crippen molar-refractivity contribution in [2.24, 2.45) is 11.1 Å². The third-order valence-corrected chi connectivity index (χ3v) is 3.03. The van der Waals surface area contributed by atoms with Crippen LogP contribution >= 0.6 is 0 Å². The molecule has 11 heavy (non-hydrogen) atoms. The van der Waals surface area contributed by atoms with Crippen LogP contribution in [0.1, 0.15) is 34.1 Å². The fourth-order valence-corrected chi connectivity index (χ4v) is 1.55. The Morgan fingerprint density at radius 3 is 2.18 bits per heavy atom. The molecule has 2 unspecified atom stereocenters. The molecule has 1 heterocycles. The van der Waals surface area contributed by atoms with Gasteiger partial charge in [-0.15, -0.1) is 0 Å². The Bertz CT molecular complexity index is 150. The van der Waals surface area contributed by atoms with Gasteiger partial charge in [-0.1, -0.05) is 20.8 Å². The summed E-state index contributed by atoms with van der Waals surface area (Å²) in [5, 5.41) is 0. The molecule has 1 fully saturated rings. The highest BCUT2D eigenvalue weighted by Crippen LogP contribution is 2.40. The normalized spacial score (nSPS) is 39.5. The van der Waals surface area contributed by atoms with Crippen molar-refractivity contribution < 1.29 is 4.74 Å². The fourth-order valence-electron chi connectivity index (χ4n) is 1.55. The molecule has 66 valence electrons. The van der Waals surface area contributed by atoms with Crippen LogP contribution < -0.4 is 5.73 Å². The molecule has 0 aliphatic carbocycles. The fraction of sp³-hybridized carbons (Fsp3) is 1.00. The van der Waals surface area contributed by atoms with E-state index in [0.717, 1.165) is 13.0 Å². The highest BCUT2D eigenvalue weighted by molar-refractivity contribution is 4.99. The molecule has 0 bridgehead atoms. The van der Waals surface area contributed by atoms with Crippen LogP contribution in [0.25, 0.3) is 0 Å². The van der Waals surface area contributed by atoms with Crippen LogP contribution in [0.2, 0.25) is 0 Å². The van der Waals surface area contributed by atoms with Gasteiger partial charge in [0.2, 0.25) is 0 Å². The lowest BCUT2D eigenvalue weighted by molar-refractivity contribution is -0.0705. The maximum Gasteiger partial charge on any atom is 0.0853 e. The summed E-state index contributed by atoms with van der Waals surface area (Å²) in [6.07, 6.45) is 0.994. The lowest BCUT2D eigenvalue weighted by Crippen LogP contribution is -2.51. The zero-order valence-corrected chi connectivity index (χ0v) is 7.98. The molecule has 1 aliphatic heterocycles. The summed E-state index contributed by atoms with van der Waals surface area (Å²) >= 11 is 0. The SMILES string of the molecule is CC(C)(C)C1(C)OCCC1N. The van der Waals surface area contributed by atoms with Crippen molar-refractivity contribution in [2.45, 2.75) is 45.8 Å². The summed E-state index contributed by atoms with van der Waals surface area (Å²) in [7, 11) is 0. The van der Waals surface area contributed by atoms with Crippen molar-refractivity contribution in [3.8, 4) is 0 Å². The van der Waals surface area contributed by atoms with E-state index in [4.69, 9.17) is 10.5 Å². The molecule has 2 atom stereocenters. The first-order chi connectivity index (χ1) is 4.88. The highest BCUT2D eigenvalue weighted by Gasteiger charge is 2.46. The molecule has 1 rings (SSSR count). The molecule has 1 aliphatic rings. The van der Waals surface area contributed by atoms with Crippen LogP contribution in [0.5, 0.6) is 0 Å². The predicted molar refractivity (Wildman–Crippen MR) is 46.4 cm³/mol. The summed E-state index contributed by atoms with van der Waals surface area (Å²) in [6.45, 7) is 9.47. The zero-order chi connectivity index (χ0) is 8.70. The first kappa shape index (κ1) is 9.01. The average molecular weight is 157 g/mol. The van der Waals surface area contributed by atoms with Crippen molar-refractivity contribution in [1.82, 2.24) is 0 Å². The quantitative estimate of drug-likeness (QED) is 0.579. The lowest BCUT2D eigenvalue weighted by Gasteiger charge is -2.40. The van der Waals surface area contributed by atoms with E-state index >= 15 is 0 Å². The van der Waals surface area contributed by atoms with Crippen LogP contribution in [-0.2, 0) is 4.74 Å². The van der Waals surface area contributed by atoms with Crippen LogP contribution in [0.3, 0.4) is 0 Å². The van der Waals surface area contributed by atoms with Crippen LogP contribution in [0.4, 0.5) is 0 Å². The Kier molecular flexibility index (Phi) is 2.01. The number of nitrogens with two attached hydrogens (primary N) is 1. The highest BCUT2D eigenvalue weighted by atomic mass is 16.5. The molecule has 0 saturated carbocycles. The van der Waals surface area contributed by atoms with Gasteiger partial charge in [-0.25, -0.2) is 0 Å². The van der Waals surface area contributed by atoms with Crippen LogP contribution in [0, 0.1) is 5.41 Å². The van der Waals surface area contributed by atoms with Gasteiger partial charge in [0, 0.05) is 12.6 Å². The third kappa shape index (κ3) is 1.30. The van der Waals surface area contributed by atoms with E-state index < -0.39 is 0 Å². The number of rotatable bonds is 0. The second-order valence-electron chi connectivity index (χ2n) is 4.60. The van der Waals surface area contributed by atoms with Gasteiger partial charge in [0.15, 0.2) is 0 Å². The van der Waals surface area contributed by atoms with Gasteiger partial charge in [-0.05, 0) is 18.8 Å². The van der Waals surface area contributed by atoms with Gasteiger partial charge in [0.05, 0.1) is 5.60 Å². The van der Waals surface area contributed by atoms with E-state index in [2.05, 4.69) is 27.7 Å². The summed E-state index contributed by atoms with van der Waals surface area (Å²) in [5.74, 6) is 0. The smallest absolute Gasteiger partial charge is 0.0853 e. The Morgan fingerprint density at radius 2 is 2.00 bits per heavy atom. The average Bonchev–Trinajstić information content (AvgIpc) is 2.12. The van der Waals surface area contributed by atoms with E-state index in [1.165, 1.54) is 0 Å². The van der Waals surface area contributed by atoms with E-state index in [0.29, 0.717) is 0 Å². The molecule has 0 spiro atoms. The Labute approximate surface area is 69.1 Å². The summed E-state index contributed by atoms with van der Waals surface area (Å²) in [5.41, 5.74) is 5.98. The van der Waals surface area contributed by atoms with Gasteiger partial charge in [0.25, 0.3) is 0 Å². The molecule has 0 aromatic heterocycles. The minimum Gasteiger partial charge on any atom is -0.373 e. The predicted octanol–water partition coefficient (Wildman–Crippen LogP) is 1.54. The van der Waals surface area contributed by atoms with Crippen LogP contribution in [-0.4, -0.2) is 18.2 Å². The molecule has 1 saturated heterocycles. The second kappa shape index (κ2) is 2.46. The lowest BCUT2D eigenvalue weighted by atomic mass is 9.74. The number of hydrogen-bond acceptors (Lipinski definition) is 2. The van der Waals surface area contributed by atoms with Gasteiger partial charge < -0.3 is 10.5 Å². The van der Waals surface area contributed by atoms with E-state index in [9.17, 15) is 0 Å². The zero-order valence-electron chi connectivity index (χ0n) is 7.98. The van der Waals surface area contributed by atoms with Crippen molar-refractivity contribution in [1.29, 1.82) is 0 Å². The molecular formula is C9H19NO. The first-order valence-electron chi connectivity index (χ1n) is 4.27. The molecule has 2 heteroatoms. The summed E-state index contributed by atoms with van der Waals surface area (Å²) < 4.78 is 5.69. The van der Waals surface area contributed by atoms with Crippen molar-refractivity contribution in [3.05, 3.63) is 0 Å². The monoisotopic (exact) mass is 157 g/mol. The number of hydrogen-bond donors (Lipinski definition) is 1. The Hall–Kier alpha value is -0.0800. The summed E-state index contributed by atoms with van der Waals surface area (Å²) in [4.78, 5) is 0. The summed E-state index contributed by atoms with van der Waals surface area (Å²) in [6, 6.07) is 0.197.